The number of hydrogen-bond donors (Lipinski definition) is 1. The quantitative estimate of drug-likeness (QED) is 0.639. The zero-order valence-electron chi connectivity index (χ0n) is 20.0. The van der Waals surface area contributed by atoms with Crippen LogP contribution in [0, 0.1) is 17.8 Å². The predicted molar refractivity (Wildman–Crippen MR) is 124 cm³/mol. The molecule has 1 aromatic carbocycles. The van der Waals surface area contributed by atoms with Crippen molar-refractivity contribution in [3.8, 4) is 0 Å². The molecule has 3 fully saturated rings. The third-order valence-electron chi connectivity index (χ3n) is 8.02. The van der Waals surface area contributed by atoms with Gasteiger partial charge >= 0.3 is 6.18 Å². The molecule has 2 heterocycles. The van der Waals surface area contributed by atoms with E-state index in [1.54, 1.807) is 35.1 Å². The molecule has 6 nitrogen and oxygen atoms in total. The number of β-amino-alcohol motifs (C(OH)–C–C–N with tert-alkyl or cyclic N) is 1. The number of rotatable bonds is 7. The fourth-order valence-electron chi connectivity index (χ4n) is 6.15. The molecule has 9 heteroatoms. The second-order valence-corrected chi connectivity index (χ2v) is 10.8. The van der Waals surface area contributed by atoms with Crippen LogP contribution < -0.4 is 0 Å². The van der Waals surface area contributed by atoms with E-state index in [1.807, 2.05) is 0 Å². The van der Waals surface area contributed by atoms with Gasteiger partial charge in [-0.1, -0.05) is 31.4 Å². The maximum Gasteiger partial charge on any atom is 0.416 e. The molecule has 35 heavy (non-hydrogen) atoms. The zero-order chi connectivity index (χ0) is 24.8. The molecule has 1 amide bonds. The Kier molecular flexibility index (Phi) is 6.42. The van der Waals surface area contributed by atoms with E-state index in [9.17, 15) is 23.1 Å². The fourth-order valence-corrected chi connectivity index (χ4v) is 6.15. The van der Waals surface area contributed by atoms with Crippen molar-refractivity contribution in [3.05, 3.63) is 53.6 Å². The molecule has 1 aliphatic heterocycles. The van der Waals surface area contributed by atoms with Crippen molar-refractivity contribution in [3.63, 3.8) is 0 Å². The van der Waals surface area contributed by atoms with Gasteiger partial charge in [0.15, 0.2) is 0 Å². The summed E-state index contributed by atoms with van der Waals surface area (Å²) in [5.41, 5.74) is -0.531. The van der Waals surface area contributed by atoms with Gasteiger partial charge in [0, 0.05) is 46.0 Å². The number of likely N-dealkylation sites (tertiary alicyclic amines) is 1. The lowest BCUT2D eigenvalue weighted by Gasteiger charge is -2.36. The van der Waals surface area contributed by atoms with Gasteiger partial charge in [0.2, 0.25) is 0 Å². The van der Waals surface area contributed by atoms with E-state index in [0.717, 1.165) is 50.9 Å². The molecule has 0 radical (unpaired) electrons. The number of aromatic nitrogens is 2. The molecule has 2 aliphatic carbocycles. The standard InChI is InChI=1S/C26H33F3N4O2/c1-31-15-23(30-17-31)24(34)33(11-18-6-5-7-19(10-18)26(27,28)29)14-22-20-12-32(13-21(20)22)16-25(35)8-3-2-4-9-25/h5-7,10,15,17,20-22,35H,2-4,8-9,11-14,16H2,1H3. The van der Waals surface area contributed by atoms with Crippen LogP contribution in [0.5, 0.6) is 0 Å². The summed E-state index contributed by atoms with van der Waals surface area (Å²) in [5.74, 6) is 0.984. The summed E-state index contributed by atoms with van der Waals surface area (Å²) in [6.07, 6.45) is 3.86. The highest BCUT2D eigenvalue weighted by Gasteiger charge is 2.56. The van der Waals surface area contributed by atoms with Crippen LogP contribution in [-0.4, -0.2) is 62.1 Å². The average molecular weight is 491 g/mol. The highest BCUT2D eigenvalue weighted by atomic mass is 19.4. The van der Waals surface area contributed by atoms with Crippen molar-refractivity contribution >= 4 is 5.91 Å². The predicted octanol–water partition coefficient (Wildman–Crippen LogP) is 3.95. The lowest BCUT2D eigenvalue weighted by molar-refractivity contribution is -0.137. The van der Waals surface area contributed by atoms with Crippen molar-refractivity contribution in [2.45, 2.75) is 50.4 Å². The van der Waals surface area contributed by atoms with Crippen molar-refractivity contribution in [2.24, 2.45) is 24.8 Å². The van der Waals surface area contributed by atoms with Gasteiger partial charge in [-0.15, -0.1) is 0 Å². The Morgan fingerprint density at radius 3 is 2.54 bits per heavy atom. The van der Waals surface area contributed by atoms with Crippen LogP contribution in [0.3, 0.4) is 0 Å². The Labute approximate surface area is 203 Å². The first kappa shape index (κ1) is 24.3. The van der Waals surface area contributed by atoms with Crippen LogP contribution in [0.25, 0.3) is 0 Å². The molecule has 1 aromatic heterocycles. The monoisotopic (exact) mass is 490 g/mol. The summed E-state index contributed by atoms with van der Waals surface area (Å²) in [6.45, 7) is 3.14. The van der Waals surface area contributed by atoms with E-state index in [1.165, 1.54) is 12.5 Å². The van der Waals surface area contributed by atoms with Crippen molar-refractivity contribution in [2.75, 3.05) is 26.2 Å². The van der Waals surface area contributed by atoms with Crippen LogP contribution in [0.2, 0.25) is 0 Å². The smallest absolute Gasteiger partial charge is 0.389 e. The number of carbonyl (C=O) groups excluding carboxylic acids is 1. The topological polar surface area (TPSA) is 61.6 Å². The number of benzene rings is 1. The average Bonchev–Trinajstić information content (AvgIpc) is 3.13. The Morgan fingerprint density at radius 1 is 1.20 bits per heavy atom. The van der Waals surface area contributed by atoms with Crippen LogP contribution in [0.1, 0.15) is 53.7 Å². The second-order valence-electron chi connectivity index (χ2n) is 10.8. The minimum absolute atomic E-state index is 0.110. The fraction of sp³-hybridized carbons (Fsp3) is 0.615. The lowest BCUT2D eigenvalue weighted by Crippen LogP contribution is -2.45. The highest BCUT2D eigenvalue weighted by Crippen LogP contribution is 2.52. The number of halogens is 3. The van der Waals surface area contributed by atoms with Gasteiger partial charge < -0.3 is 14.6 Å². The number of aliphatic hydroxyl groups is 1. The zero-order valence-corrected chi connectivity index (χ0v) is 20.0. The van der Waals surface area contributed by atoms with E-state index < -0.39 is 17.3 Å². The molecule has 0 spiro atoms. The normalized spacial score (nSPS) is 25.9. The number of fused-ring (bicyclic) bond motifs is 1. The van der Waals surface area contributed by atoms with E-state index >= 15 is 0 Å². The van der Waals surface area contributed by atoms with Gasteiger partial charge in [0.05, 0.1) is 17.5 Å². The molecular weight excluding hydrogens is 457 g/mol. The molecular formula is C26H33F3N4O2. The van der Waals surface area contributed by atoms with Gasteiger partial charge in [-0.25, -0.2) is 4.98 Å². The summed E-state index contributed by atoms with van der Waals surface area (Å²) < 4.78 is 41.4. The molecule has 2 aromatic rings. The van der Waals surface area contributed by atoms with Crippen LogP contribution in [0.4, 0.5) is 13.2 Å². The third-order valence-corrected chi connectivity index (χ3v) is 8.02. The molecule has 0 bridgehead atoms. The summed E-state index contributed by atoms with van der Waals surface area (Å²) in [7, 11) is 1.78. The number of carbonyl (C=O) groups is 1. The number of nitrogens with zero attached hydrogens (tertiary/aromatic N) is 4. The van der Waals surface area contributed by atoms with Gasteiger partial charge in [0.1, 0.15) is 5.69 Å². The van der Waals surface area contributed by atoms with Crippen molar-refractivity contribution in [1.29, 1.82) is 0 Å². The Bertz CT molecular complexity index is 1050. The van der Waals surface area contributed by atoms with E-state index in [2.05, 4.69) is 9.88 Å². The molecule has 2 unspecified atom stereocenters. The van der Waals surface area contributed by atoms with E-state index in [0.29, 0.717) is 42.1 Å². The molecule has 3 aliphatic rings. The minimum atomic E-state index is -4.43. The number of aryl methyl sites for hydroxylation is 1. The van der Waals surface area contributed by atoms with Crippen LogP contribution in [0.15, 0.2) is 36.8 Å². The Hall–Kier alpha value is -2.39. The number of piperidine rings is 1. The Morgan fingerprint density at radius 2 is 1.91 bits per heavy atom. The number of imidazole rings is 1. The first-order valence-corrected chi connectivity index (χ1v) is 12.5. The van der Waals surface area contributed by atoms with E-state index in [-0.39, 0.29) is 12.5 Å². The first-order chi connectivity index (χ1) is 16.6. The maximum atomic E-state index is 13.3. The molecule has 2 atom stereocenters. The van der Waals surface area contributed by atoms with Crippen molar-refractivity contribution < 1.29 is 23.1 Å². The van der Waals surface area contributed by atoms with E-state index in [4.69, 9.17) is 0 Å². The highest BCUT2D eigenvalue weighted by molar-refractivity contribution is 5.92. The molecule has 1 saturated heterocycles. The Balaban J connectivity index is 1.25. The van der Waals surface area contributed by atoms with Crippen LogP contribution in [-0.2, 0) is 19.8 Å². The lowest BCUT2D eigenvalue weighted by atomic mass is 9.84. The van der Waals surface area contributed by atoms with Gasteiger partial charge in [-0.2, -0.15) is 13.2 Å². The molecule has 2 saturated carbocycles. The second kappa shape index (κ2) is 9.24. The van der Waals surface area contributed by atoms with Crippen LogP contribution >= 0.6 is 0 Å². The van der Waals surface area contributed by atoms with Gasteiger partial charge in [-0.05, 0) is 48.3 Å². The molecule has 190 valence electrons. The SMILES string of the molecule is Cn1cnc(C(=O)N(Cc2cccc(C(F)(F)F)c2)CC2C3CN(CC4(O)CCCCC4)CC32)c1. The maximum absolute atomic E-state index is 13.3. The number of alkyl halides is 3. The summed E-state index contributed by atoms with van der Waals surface area (Å²) in [5, 5.41) is 10.9. The summed E-state index contributed by atoms with van der Waals surface area (Å²) >= 11 is 0. The summed E-state index contributed by atoms with van der Waals surface area (Å²) in [4.78, 5) is 21.5. The van der Waals surface area contributed by atoms with Crippen molar-refractivity contribution in [1.82, 2.24) is 19.4 Å². The number of amides is 1. The molecule has 1 N–H and O–H groups in total. The third kappa shape index (κ3) is 5.40. The number of hydrogen-bond acceptors (Lipinski definition) is 4. The summed E-state index contributed by atoms with van der Waals surface area (Å²) in [6, 6.07) is 5.20. The first-order valence-electron chi connectivity index (χ1n) is 12.5. The molecule has 5 rings (SSSR count). The van der Waals surface area contributed by atoms with Gasteiger partial charge in [-0.3, -0.25) is 9.69 Å². The largest absolute Gasteiger partial charge is 0.416 e. The minimum Gasteiger partial charge on any atom is -0.389 e. The van der Waals surface area contributed by atoms with Gasteiger partial charge in [0.25, 0.3) is 5.91 Å².